The molecule has 0 amide bonds. The Balaban J connectivity index is 1.89. The first-order chi connectivity index (χ1) is 9.27. The van der Waals surface area contributed by atoms with Gasteiger partial charge in [-0.05, 0) is 44.9 Å². The van der Waals surface area contributed by atoms with Crippen molar-refractivity contribution in [2.24, 2.45) is 0 Å². The number of nitrogens with zero attached hydrogens (tertiary/aromatic N) is 1. The van der Waals surface area contributed by atoms with Crippen molar-refractivity contribution in [3.63, 3.8) is 0 Å². The monoisotopic (exact) mass is 278 g/mol. The van der Waals surface area contributed by atoms with Gasteiger partial charge in [-0.2, -0.15) is 0 Å². The summed E-state index contributed by atoms with van der Waals surface area (Å²) in [7, 11) is 0. The zero-order chi connectivity index (χ0) is 13.3. The van der Waals surface area contributed by atoms with E-state index in [1.165, 1.54) is 68.5 Å². The van der Waals surface area contributed by atoms with Crippen LogP contribution >= 0.6 is 11.3 Å². The van der Waals surface area contributed by atoms with Crippen molar-refractivity contribution in [2.45, 2.75) is 83.2 Å². The van der Waals surface area contributed by atoms with Gasteiger partial charge in [0.1, 0.15) is 5.01 Å². The smallest absolute Gasteiger partial charge is 0.113 e. The lowest BCUT2D eigenvalue weighted by Crippen LogP contribution is -2.43. The molecule has 3 heteroatoms. The highest BCUT2D eigenvalue weighted by Gasteiger charge is 2.39. The fourth-order valence-corrected chi connectivity index (χ4v) is 4.77. The molecule has 2 nitrogen and oxygen atoms in total. The molecule has 1 saturated carbocycles. The number of thiazole rings is 1. The number of hydrogen-bond donors (Lipinski definition) is 1. The number of fused-ring (bicyclic) bond motifs is 1. The topological polar surface area (TPSA) is 24.9 Å². The summed E-state index contributed by atoms with van der Waals surface area (Å²) in [6, 6.07) is 0.761. The van der Waals surface area contributed by atoms with Gasteiger partial charge in [0, 0.05) is 10.9 Å². The average Bonchev–Trinajstić information content (AvgIpc) is 2.91. The molecule has 1 heterocycles. The number of rotatable bonds is 7. The zero-order valence-electron chi connectivity index (χ0n) is 12.3. The van der Waals surface area contributed by atoms with Crippen molar-refractivity contribution in [3.8, 4) is 0 Å². The molecule has 0 bridgehead atoms. The van der Waals surface area contributed by atoms with E-state index in [0.29, 0.717) is 0 Å². The van der Waals surface area contributed by atoms with Crippen LogP contribution in [0.2, 0.25) is 0 Å². The highest BCUT2D eigenvalue weighted by molar-refractivity contribution is 7.12. The quantitative estimate of drug-likeness (QED) is 0.809. The Morgan fingerprint density at radius 2 is 1.95 bits per heavy atom. The van der Waals surface area contributed by atoms with Gasteiger partial charge in [-0.1, -0.05) is 26.7 Å². The van der Waals surface area contributed by atoms with E-state index in [2.05, 4.69) is 19.2 Å². The Hall–Kier alpha value is -0.410. The van der Waals surface area contributed by atoms with E-state index in [0.717, 1.165) is 6.04 Å². The minimum Gasteiger partial charge on any atom is -0.303 e. The lowest BCUT2D eigenvalue weighted by molar-refractivity contribution is 0.275. The van der Waals surface area contributed by atoms with Crippen LogP contribution in [0.5, 0.6) is 0 Å². The van der Waals surface area contributed by atoms with Gasteiger partial charge < -0.3 is 5.32 Å². The van der Waals surface area contributed by atoms with Gasteiger partial charge in [0.15, 0.2) is 0 Å². The van der Waals surface area contributed by atoms with Crippen LogP contribution in [0, 0.1) is 0 Å². The molecule has 106 valence electrons. The van der Waals surface area contributed by atoms with Crippen LogP contribution in [0.3, 0.4) is 0 Å². The molecular weight excluding hydrogens is 252 g/mol. The summed E-state index contributed by atoms with van der Waals surface area (Å²) < 4.78 is 0. The van der Waals surface area contributed by atoms with E-state index in [1.807, 2.05) is 11.3 Å². The maximum Gasteiger partial charge on any atom is 0.113 e. The van der Waals surface area contributed by atoms with E-state index < -0.39 is 0 Å². The molecule has 0 aliphatic heterocycles. The summed E-state index contributed by atoms with van der Waals surface area (Å²) in [5.74, 6) is 0. The molecule has 1 aromatic heterocycles. The number of aromatic nitrogens is 1. The standard InChI is InChI=1S/C16H26N2S/c1-3-10-16(11-4-2,18-12-8-9-12)15-17-13-6-5-7-14(13)19-15/h12,18H,3-11H2,1-2H3. The van der Waals surface area contributed by atoms with Gasteiger partial charge in [0.25, 0.3) is 0 Å². The molecule has 0 saturated heterocycles. The van der Waals surface area contributed by atoms with Crippen LogP contribution in [-0.4, -0.2) is 11.0 Å². The molecule has 0 aromatic carbocycles. The third kappa shape index (κ3) is 2.73. The molecule has 1 aromatic rings. The molecule has 2 aliphatic rings. The Bertz CT molecular complexity index is 406. The number of nitrogens with one attached hydrogen (secondary N) is 1. The average molecular weight is 278 g/mol. The van der Waals surface area contributed by atoms with Crippen molar-refractivity contribution < 1.29 is 0 Å². The first kappa shape index (κ1) is 13.6. The van der Waals surface area contributed by atoms with Crippen molar-refractivity contribution in [2.75, 3.05) is 0 Å². The van der Waals surface area contributed by atoms with Gasteiger partial charge in [-0.25, -0.2) is 4.98 Å². The summed E-state index contributed by atoms with van der Waals surface area (Å²) in [4.78, 5) is 6.61. The summed E-state index contributed by atoms with van der Waals surface area (Å²) >= 11 is 2.00. The molecule has 0 atom stereocenters. The second-order valence-electron chi connectivity index (χ2n) is 6.24. The van der Waals surface area contributed by atoms with Gasteiger partial charge in [-0.15, -0.1) is 11.3 Å². The van der Waals surface area contributed by atoms with E-state index >= 15 is 0 Å². The van der Waals surface area contributed by atoms with Crippen molar-refractivity contribution in [1.82, 2.24) is 10.3 Å². The maximum absolute atomic E-state index is 5.04. The third-order valence-corrected chi connectivity index (χ3v) is 5.78. The second kappa shape index (κ2) is 5.53. The van der Waals surface area contributed by atoms with Gasteiger partial charge >= 0.3 is 0 Å². The molecule has 0 unspecified atom stereocenters. The lowest BCUT2D eigenvalue weighted by atomic mass is 9.89. The highest BCUT2D eigenvalue weighted by Crippen LogP contribution is 2.40. The summed E-state index contributed by atoms with van der Waals surface area (Å²) in [6.07, 6.45) is 11.5. The van der Waals surface area contributed by atoms with E-state index in [4.69, 9.17) is 4.98 Å². The van der Waals surface area contributed by atoms with Crippen LogP contribution in [0.15, 0.2) is 0 Å². The Morgan fingerprint density at radius 3 is 2.53 bits per heavy atom. The minimum absolute atomic E-state index is 0.180. The predicted molar refractivity (Wildman–Crippen MR) is 81.8 cm³/mol. The van der Waals surface area contributed by atoms with E-state index in [-0.39, 0.29) is 5.54 Å². The SMILES string of the molecule is CCCC(CCC)(NC1CC1)c1nc2c(s1)CCC2. The molecular formula is C16H26N2S. The Labute approximate surface area is 121 Å². The van der Waals surface area contributed by atoms with Crippen LogP contribution < -0.4 is 5.32 Å². The van der Waals surface area contributed by atoms with E-state index in [1.54, 1.807) is 4.88 Å². The van der Waals surface area contributed by atoms with Crippen LogP contribution in [0.1, 0.15) is 74.4 Å². The molecule has 3 rings (SSSR count). The first-order valence-electron chi connectivity index (χ1n) is 8.04. The Morgan fingerprint density at radius 1 is 1.21 bits per heavy atom. The highest BCUT2D eigenvalue weighted by atomic mass is 32.1. The molecule has 0 spiro atoms. The van der Waals surface area contributed by atoms with Gasteiger partial charge in [0.05, 0.1) is 11.2 Å². The summed E-state index contributed by atoms with van der Waals surface area (Å²) in [5.41, 5.74) is 1.59. The van der Waals surface area contributed by atoms with Gasteiger partial charge in [0.2, 0.25) is 0 Å². The molecule has 1 fully saturated rings. The molecule has 19 heavy (non-hydrogen) atoms. The number of aryl methyl sites for hydroxylation is 2. The predicted octanol–water partition coefficient (Wildman–Crippen LogP) is 4.18. The minimum atomic E-state index is 0.180. The summed E-state index contributed by atoms with van der Waals surface area (Å²) in [6.45, 7) is 4.61. The normalized spacial score (nSPS) is 18.8. The zero-order valence-corrected chi connectivity index (χ0v) is 13.1. The lowest BCUT2D eigenvalue weighted by Gasteiger charge is -2.33. The van der Waals surface area contributed by atoms with Crippen molar-refractivity contribution in [3.05, 3.63) is 15.6 Å². The first-order valence-corrected chi connectivity index (χ1v) is 8.86. The van der Waals surface area contributed by atoms with Gasteiger partial charge in [-0.3, -0.25) is 0 Å². The fraction of sp³-hybridized carbons (Fsp3) is 0.812. The molecule has 0 radical (unpaired) electrons. The largest absolute Gasteiger partial charge is 0.303 e. The van der Waals surface area contributed by atoms with E-state index in [9.17, 15) is 0 Å². The van der Waals surface area contributed by atoms with Crippen molar-refractivity contribution >= 4 is 11.3 Å². The summed E-state index contributed by atoms with van der Waals surface area (Å²) in [5, 5.41) is 5.36. The maximum atomic E-state index is 5.04. The fourth-order valence-electron chi connectivity index (χ4n) is 3.41. The second-order valence-corrected chi connectivity index (χ2v) is 7.33. The molecule has 1 N–H and O–H groups in total. The molecule has 2 aliphatic carbocycles. The Kier molecular flexibility index (Phi) is 3.95. The van der Waals surface area contributed by atoms with Crippen LogP contribution in [0.25, 0.3) is 0 Å². The van der Waals surface area contributed by atoms with Crippen LogP contribution in [-0.2, 0) is 18.4 Å². The van der Waals surface area contributed by atoms with Crippen molar-refractivity contribution in [1.29, 1.82) is 0 Å². The van der Waals surface area contributed by atoms with Crippen LogP contribution in [0.4, 0.5) is 0 Å². The number of hydrogen-bond acceptors (Lipinski definition) is 3. The third-order valence-electron chi connectivity index (χ3n) is 4.42.